The molecule has 2 heterocycles. The van der Waals surface area contributed by atoms with E-state index < -0.39 is 0 Å². The maximum atomic E-state index is 5.32. The van der Waals surface area contributed by atoms with Crippen LogP contribution in [-0.2, 0) is 4.74 Å². The third-order valence-corrected chi connectivity index (χ3v) is 3.12. The molecule has 3 nitrogen and oxygen atoms in total. The first-order valence-electron chi connectivity index (χ1n) is 5.46. The van der Waals surface area contributed by atoms with Gasteiger partial charge in [-0.25, -0.2) is 0 Å². The molecule has 0 aromatic carbocycles. The molecule has 1 atom stereocenters. The van der Waals surface area contributed by atoms with Crippen molar-refractivity contribution >= 4 is 0 Å². The molecular weight excluding hydrogens is 164 g/mol. The summed E-state index contributed by atoms with van der Waals surface area (Å²) in [6, 6.07) is 0. The highest BCUT2D eigenvalue weighted by Crippen LogP contribution is 2.13. The summed E-state index contributed by atoms with van der Waals surface area (Å²) in [6.07, 6.45) is 2.75. The number of morpholine rings is 1. The van der Waals surface area contributed by atoms with E-state index in [9.17, 15) is 0 Å². The Hall–Kier alpha value is -0.120. The Morgan fingerprint density at radius 3 is 2.85 bits per heavy atom. The molecule has 3 heteroatoms. The zero-order valence-electron chi connectivity index (χ0n) is 8.30. The molecule has 2 saturated heterocycles. The van der Waals surface area contributed by atoms with Gasteiger partial charge < -0.3 is 10.1 Å². The quantitative estimate of drug-likeness (QED) is 0.683. The van der Waals surface area contributed by atoms with Crippen molar-refractivity contribution in [1.82, 2.24) is 10.2 Å². The molecule has 0 unspecified atom stereocenters. The van der Waals surface area contributed by atoms with Crippen LogP contribution in [0.15, 0.2) is 0 Å². The van der Waals surface area contributed by atoms with Gasteiger partial charge in [-0.1, -0.05) is 0 Å². The zero-order chi connectivity index (χ0) is 8.93. The molecule has 2 rings (SSSR count). The summed E-state index contributed by atoms with van der Waals surface area (Å²) in [5, 5.41) is 3.42. The molecule has 76 valence electrons. The first kappa shape index (κ1) is 9.44. The van der Waals surface area contributed by atoms with Crippen LogP contribution in [0.4, 0.5) is 0 Å². The summed E-state index contributed by atoms with van der Waals surface area (Å²) in [7, 11) is 0. The van der Waals surface area contributed by atoms with Crippen LogP contribution in [0.1, 0.15) is 12.8 Å². The normalized spacial score (nSPS) is 30.9. The van der Waals surface area contributed by atoms with Crippen LogP contribution < -0.4 is 5.32 Å². The Kier molecular flexibility index (Phi) is 3.58. The van der Waals surface area contributed by atoms with Crippen LogP contribution in [0.3, 0.4) is 0 Å². The molecule has 0 spiro atoms. The van der Waals surface area contributed by atoms with Gasteiger partial charge in [0.2, 0.25) is 0 Å². The van der Waals surface area contributed by atoms with Gasteiger partial charge in [-0.2, -0.15) is 0 Å². The molecular formula is C10H20N2O. The average Bonchev–Trinajstić information content (AvgIpc) is 2.69. The molecule has 0 aliphatic carbocycles. The summed E-state index contributed by atoms with van der Waals surface area (Å²) in [4.78, 5) is 2.53. The van der Waals surface area contributed by atoms with E-state index in [0.29, 0.717) is 0 Å². The predicted octanol–water partition coefficient (Wildman–Crippen LogP) is 0.318. The number of hydrogen-bond acceptors (Lipinski definition) is 3. The lowest BCUT2D eigenvalue weighted by molar-refractivity contribution is 0.0357. The molecule has 0 aromatic heterocycles. The van der Waals surface area contributed by atoms with Crippen molar-refractivity contribution in [1.29, 1.82) is 0 Å². The van der Waals surface area contributed by atoms with Gasteiger partial charge in [-0.3, -0.25) is 4.90 Å². The summed E-state index contributed by atoms with van der Waals surface area (Å²) in [5.74, 6) is 0.933. The fraction of sp³-hybridized carbons (Fsp3) is 1.00. The van der Waals surface area contributed by atoms with Gasteiger partial charge in [-0.05, 0) is 38.4 Å². The molecule has 0 saturated carbocycles. The topological polar surface area (TPSA) is 24.5 Å². The van der Waals surface area contributed by atoms with Crippen LogP contribution in [0, 0.1) is 5.92 Å². The van der Waals surface area contributed by atoms with Gasteiger partial charge in [0.25, 0.3) is 0 Å². The van der Waals surface area contributed by atoms with Crippen LogP contribution >= 0.6 is 0 Å². The smallest absolute Gasteiger partial charge is 0.0594 e. The lowest BCUT2D eigenvalue weighted by atomic mass is 10.0. The average molecular weight is 184 g/mol. The maximum Gasteiger partial charge on any atom is 0.0594 e. The number of ether oxygens (including phenoxy) is 1. The van der Waals surface area contributed by atoms with E-state index in [1.54, 1.807) is 0 Å². The Labute approximate surface area is 80.4 Å². The zero-order valence-corrected chi connectivity index (χ0v) is 8.30. The highest BCUT2D eigenvalue weighted by atomic mass is 16.5. The SMILES string of the molecule is C1C[C@@H](CCN2CCOCC2)CN1. The van der Waals surface area contributed by atoms with E-state index in [-0.39, 0.29) is 0 Å². The summed E-state index contributed by atoms with van der Waals surface area (Å²) in [5.41, 5.74) is 0. The molecule has 1 N–H and O–H groups in total. The van der Waals surface area contributed by atoms with E-state index in [2.05, 4.69) is 10.2 Å². The van der Waals surface area contributed by atoms with Crippen molar-refractivity contribution < 1.29 is 4.74 Å². The summed E-state index contributed by atoms with van der Waals surface area (Å²) in [6.45, 7) is 7.89. The molecule has 2 fully saturated rings. The molecule has 2 aliphatic rings. The number of nitrogens with zero attached hydrogens (tertiary/aromatic N) is 1. The van der Waals surface area contributed by atoms with Gasteiger partial charge >= 0.3 is 0 Å². The van der Waals surface area contributed by atoms with Gasteiger partial charge in [0.05, 0.1) is 13.2 Å². The van der Waals surface area contributed by atoms with Crippen molar-refractivity contribution in [2.45, 2.75) is 12.8 Å². The molecule has 0 bridgehead atoms. The Bertz CT molecular complexity index is 140. The fourth-order valence-electron chi connectivity index (χ4n) is 2.15. The number of nitrogens with one attached hydrogen (secondary N) is 1. The van der Waals surface area contributed by atoms with E-state index >= 15 is 0 Å². The van der Waals surface area contributed by atoms with E-state index in [1.165, 1.54) is 32.5 Å². The van der Waals surface area contributed by atoms with Crippen LogP contribution in [0.5, 0.6) is 0 Å². The minimum Gasteiger partial charge on any atom is -0.379 e. The second-order valence-electron chi connectivity index (χ2n) is 4.10. The second-order valence-corrected chi connectivity index (χ2v) is 4.10. The maximum absolute atomic E-state index is 5.32. The largest absolute Gasteiger partial charge is 0.379 e. The Morgan fingerprint density at radius 2 is 2.15 bits per heavy atom. The van der Waals surface area contributed by atoms with E-state index in [1.807, 2.05) is 0 Å². The van der Waals surface area contributed by atoms with Gasteiger partial charge in [0.1, 0.15) is 0 Å². The second kappa shape index (κ2) is 4.94. The standard InChI is InChI=1S/C10H20N2O/c1-3-11-9-10(1)2-4-12-5-7-13-8-6-12/h10-11H,1-9H2/t10-/m0/s1. The lowest BCUT2D eigenvalue weighted by Crippen LogP contribution is -2.37. The molecule has 0 aromatic rings. The summed E-state index contributed by atoms with van der Waals surface area (Å²) < 4.78 is 5.32. The Balaban J connectivity index is 1.60. The molecule has 0 amide bonds. The third-order valence-electron chi connectivity index (χ3n) is 3.12. The van der Waals surface area contributed by atoms with Crippen molar-refractivity contribution in [3.8, 4) is 0 Å². The first-order chi connectivity index (χ1) is 6.45. The Morgan fingerprint density at radius 1 is 1.31 bits per heavy atom. The monoisotopic (exact) mass is 184 g/mol. The fourth-order valence-corrected chi connectivity index (χ4v) is 2.15. The number of rotatable bonds is 3. The minimum absolute atomic E-state index is 0.933. The van der Waals surface area contributed by atoms with Crippen LogP contribution in [-0.4, -0.2) is 50.8 Å². The predicted molar refractivity (Wildman–Crippen MR) is 52.9 cm³/mol. The van der Waals surface area contributed by atoms with E-state index in [4.69, 9.17) is 4.74 Å². The first-order valence-corrected chi connectivity index (χ1v) is 5.46. The van der Waals surface area contributed by atoms with Crippen molar-refractivity contribution in [2.75, 3.05) is 45.9 Å². The highest BCUT2D eigenvalue weighted by Gasteiger charge is 2.16. The molecule has 2 aliphatic heterocycles. The van der Waals surface area contributed by atoms with Gasteiger partial charge in [-0.15, -0.1) is 0 Å². The highest BCUT2D eigenvalue weighted by molar-refractivity contribution is 4.73. The van der Waals surface area contributed by atoms with Crippen LogP contribution in [0.25, 0.3) is 0 Å². The van der Waals surface area contributed by atoms with Crippen molar-refractivity contribution in [3.05, 3.63) is 0 Å². The lowest BCUT2D eigenvalue weighted by Gasteiger charge is -2.27. The van der Waals surface area contributed by atoms with Crippen molar-refractivity contribution in [2.24, 2.45) is 5.92 Å². The third kappa shape index (κ3) is 2.93. The van der Waals surface area contributed by atoms with E-state index in [0.717, 1.165) is 32.2 Å². The van der Waals surface area contributed by atoms with Crippen LogP contribution in [0.2, 0.25) is 0 Å². The van der Waals surface area contributed by atoms with Gasteiger partial charge in [0, 0.05) is 13.1 Å². The van der Waals surface area contributed by atoms with Gasteiger partial charge in [0.15, 0.2) is 0 Å². The molecule has 13 heavy (non-hydrogen) atoms. The summed E-state index contributed by atoms with van der Waals surface area (Å²) >= 11 is 0. The minimum atomic E-state index is 0.933. The number of hydrogen-bond donors (Lipinski definition) is 1. The molecule has 0 radical (unpaired) electrons. The van der Waals surface area contributed by atoms with Crippen molar-refractivity contribution in [3.63, 3.8) is 0 Å².